The highest BCUT2D eigenvalue weighted by molar-refractivity contribution is 7.99. The third-order valence-corrected chi connectivity index (χ3v) is 5.17. The van der Waals surface area contributed by atoms with Gasteiger partial charge in [0.2, 0.25) is 5.91 Å². The first-order valence-corrected chi connectivity index (χ1v) is 8.41. The van der Waals surface area contributed by atoms with Crippen molar-refractivity contribution in [2.75, 3.05) is 24.6 Å². The fraction of sp³-hybridized carbons (Fsp3) is 0.583. The van der Waals surface area contributed by atoms with Crippen molar-refractivity contribution in [3.63, 3.8) is 0 Å². The van der Waals surface area contributed by atoms with Crippen molar-refractivity contribution in [3.05, 3.63) is 21.3 Å². The third kappa shape index (κ3) is 4.80. The highest BCUT2D eigenvalue weighted by Crippen LogP contribution is 2.21. The second kappa shape index (κ2) is 7.38. The van der Waals surface area contributed by atoms with Crippen LogP contribution in [0, 0.1) is 0 Å². The minimum absolute atomic E-state index is 0.137. The maximum Gasteiger partial charge on any atom is 0.221 e. The molecule has 1 unspecified atom stereocenters. The van der Waals surface area contributed by atoms with Gasteiger partial charge in [0.05, 0.1) is 4.34 Å². The molecule has 1 aliphatic heterocycles. The van der Waals surface area contributed by atoms with Crippen LogP contribution in [0.2, 0.25) is 4.34 Å². The smallest absolute Gasteiger partial charge is 0.221 e. The molecule has 18 heavy (non-hydrogen) atoms. The summed E-state index contributed by atoms with van der Waals surface area (Å²) >= 11 is 9.34. The first kappa shape index (κ1) is 14.2. The van der Waals surface area contributed by atoms with Crippen molar-refractivity contribution < 1.29 is 4.79 Å². The van der Waals surface area contributed by atoms with E-state index in [1.807, 2.05) is 23.9 Å². The summed E-state index contributed by atoms with van der Waals surface area (Å²) in [6, 6.07) is 4.24. The van der Waals surface area contributed by atoms with Gasteiger partial charge in [0.1, 0.15) is 0 Å². The number of carbonyl (C=O) groups excluding carboxylic acids is 1. The predicted molar refractivity (Wildman–Crippen MR) is 79.8 cm³/mol. The zero-order valence-corrected chi connectivity index (χ0v) is 12.5. The Morgan fingerprint density at radius 3 is 3.11 bits per heavy atom. The largest absolute Gasteiger partial charge is 0.356 e. The minimum Gasteiger partial charge on any atom is -0.356 e. The molecule has 1 aromatic heterocycles. The van der Waals surface area contributed by atoms with Gasteiger partial charge in [0.25, 0.3) is 0 Å². The Hall–Kier alpha value is -0.230. The van der Waals surface area contributed by atoms with Crippen molar-refractivity contribution in [2.45, 2.75) is 18.9 Å². The van der Waals surface area contributed by atoms with E-state index in [0.717, 1.165) is 28.8 Å². The molecule has 2 N–H and O–H groups in total. The average Bonchev–Trinajstić information content (AvgIpc) is 2.76. The van der Waals surface area contributed by atoms with Crippen LogP contribution < -0.4 is 10.6 Å². The highest BCUT2D eigenvalue weighted by Gasteiger charge is 2.16. The summed E-state index contributed by atoms with van der Waals surface area (Å²) in [5.74, 6) is 2.32. The monoisotopic (exact) mass is 304 g/mol. The predicted octanol–water partition coefficient (Wildman–Crippen LogP) is 2.16. The van der Waals surface area contributed by atoms with E-state index in [4.69, 9.17) is 11.6 Å². The summed E-state index contributed by atoms with van der Waals surface area (Å²) in [6.45, 7) is 1.70. The van der Waals surface area contributed by atoms with E-state index in [2.05, 4.69) is 10.6 Å². The van der Waals surface area contributed by atoms with Gasteiger partial charge in [0, 0.05) is 41.9 Å². The van der Waals surface area contributed by atoms with Gasteiger partial charge in [-0.3, -0.25) is 4.79 Å². The average molecular weight is 305 g/mol. The number of hydrogen-bond donors (Lipinski definition) is 2. The van der Waals surface area contributed by atoms with Gasteiger partial charge in [-0.05, 0) is 18.6 Å². The Bertz CT molecular complexity index is 391. The number of thioether (sulfide) groups is 1. The highest BCUT2D eigenvalue weighted by atomic mass is 35.5. The van der Waals surface area contributed by atoms with Crippen molar-refractivity contribution in [1.29, 1.82) is 0 Å². The van der Waals surface area contributed by atoms with Crippen LogP contribution in [0.5, 0.6) is 0 Å². The molecular weight excluding hydrogens is 288 g/mol. The summed E-state index contributed by atoms with van der Waals surface area (Å²) < 4.78 is 0.805. The SMILES string of the molecule is O=C(CC1CSCCN1)NCCc1ccc(Cl)s1. The Kier molecular flexibility index (Phi) is 5.82. The molecule has 3 nitrogen and oxygen atoms in total. The molecule has 0 bridgehead atoms. The van der Waals surface area contributed by atoms with E-state index in [-0.39, 0.29) is 5.91 Å². The number of nitrogens with one attached hydrogen (secondary N) is 2. The number of halogens is 1. The molecule has 6 heteroatoms. The zero-order chi connectivity index (χ0) is 12.8. The molecule has 0 aromatic carbocycles. The molecule has 2 rings (SSSR count). The summed E-state index contributed by atoms with van der Waals surface area (Å²) in [6.07, 6.45) is 1.44. The van der Waals surface area contributed by atoms with Gasteiger partial charge in [-0.1, -0.05) is 11.6 Å². The van der Waals surface area contributed by atoms with E-state index in [1.54, 1.807) is 11.3 Å². The molecule has 0 aliphatic carbocycles. The molecule has 1 amide bonds. The summed E-state index contributed by atoms with van der Waals surface area (Å²) in [5.41, 5.74) is 0. The van der Waals surface area contributed by atoms with Crippen LogP contribution in [-0.4, -0.2) is 36.5 Å². The number of hydrogen-bond acceptors (Lipinski definition) is 4. The summed E-state index contributed by atoms with van der Waals surface area (Å²) in [5, 5.41) is 6.33. The number of rotatable bonds is 5. The van der Waals surface area contributed by atoms with Gasteiger partial charge in [-0.2, -0.15) is 11.8 Å². The van der Waals surface area contributed by atoms with Gasteiger partial charge < -0.3 is 10.6 Å². The first-order valence-electron chi connectivity index (χ1n) is 6.06. The fourth-order valence-corrected chi connectivity index (χ4v) is 3.89. The molecule has 1 aromatic rings. The first-order chi connectivity index (χ1) is 8.74. The normalized spacial score (nSPS) is 19.7. The number of carbonyl (C=O) groups is 1. The van der Waals surface area contributed by atoms with E-state index < -0.39 is 0 Å². The maximum atomic E-state index is 11.7. The lowest BCUT2D eigenvalue weighted by atomic mass is 10.2. The Morgan fingerprint density at radius 2 is 2.44 bits per heavy atom. The molecule has 0 radical (unpaired) electrons. The topological polar surface area (TPSA) is 41.1 Å². The minimum atomic E-state index is 0.137. The van der Waals surface area contributed by atoms with Crippen LogP contribution in [0.25, 0.3) is 0 Å². The van der Waals surface area contributed by atoms with E-state index in [0.29, 0.717) is 19.0 Å². The Labute approximate surface area is 121 Å². The van der Waals surface area contributed by atoms with Crippen LogP contribution in [-0.2, 0) is 11.2 Å². The molecule has 1 atom stereocenters. The zero-order valence-electron chi connectivity index (χ0n) is 10.1. The van der Waals surface area contributed by atoms with Crippen molar-refractivity contribution in [3.8, 4) is 0 Å². The van der Waals surface area contributed by atoms with E-state index >= 15 is 0 Å². The molecule has 0 saturated carbocycles. The van der Waals surface area contributed by atoms with Gasteiger partial charge in [-0.25, -0.2) is 0 Å². The Balaban J connectivity index is 1.62. The molecule has 100 valence electrons. The van der Waals surface area contributed by atoms with Crippen molar-refractivity contribution >= 4 is 40.6 Å². The second-order valence-corrected chi connectivity index (χ2v) is 7.19. The molecule has 2 heterocycles. The fourth-order valence-electron chi connectivity index (χ4n) is 1.86. The summed E-state index contributed by atoms with van der Waals surface area (Å²) in [4.78, 5) is 12.9. The quantitative estimate of drug-likeness (QED) is 0.876. The van der Waals surface area contributed by atoms with Crippen LogP contribution in [0.4, 0.5) is 0 Å². The van der Waals surface area contributed by atoms with Crippen LogP contribution >= 0.6 is 34.7 Å². The lowest BCUT2D eigenvalue weighted by Gasteiger charge is -2.22. The summed E-state index contributed by atoms with van der Waals surface area (Å²) in [7, 11) is 0. The number of amides is 1. The second-order valence-electron chi connectivity index (χ2n) is 4.24. The lowest BCUT2D eigenvalue weighted by Crippen LogP contribution is -2.41. The molecular formula is C12H17ClN2OS2. The molecule has 1 saturated heterocycles. The maximum absolute atomic E-state index is 11.7. The van der Waals surface area contributed by atoms with Crippen LogP contribution in [0.3, 0.4) is 0 Å². The molecule has 1 aliphatic rings. The standard InChI is InChI=1S/C12H17ClN2OS2/c13-11-2-1-10(18-11)3-4-15-12(16)7-9-8-17-6-5-14-9/h1-2,9,14H,3-8H2,(H,15,16). The van der Waals surface area contributed by atoms with Crippen LogP contribution in [0.15, 0.2) is 12.1 Å². The van der Waals surface area contributed by atoms with Crippen LogP contribution in [0.1, 0.15) is 11.3 Å². The van der Waals surface area contributed by atoms with Crippen molar-refractivity contribution in [2.24, 2.45) is 0 Å². The Morgan fingerprint density at radius 1 is 1.56 bits per heavy atom. The van der Waals surface area contributed by atoms with E-state index in [1.165, 1.54) is 4.88 Å². The number of thiophene rings is 1. The van der Waals surface area contributed by atoms with Gasteiger partial charge in [-0.15, -0.1) is 11.3 Å². The lowest BCUT2D eigenvalue weighted by molar-refractivity contribution is -0.121. The van der Waals surface area contributed by atoms with Crippen molar-refractivity contribution in [1.82, 2.24) is 10.6 Å². The van der Waals surface area contributed by atoms with Gasteiger partial charge in [0.15, 0.2) is 0 Å². The molecule has 1 fully saturated rings. The van der Waals surface area contributed by atoms with E-state index in [9.17, 15) is 4.79 Å². The van der Waals surface area contributed by atoms with Gasteiger partial charge >= 0.3 is 0 Å². The molecule has 0 spiro atoms. The third-order valence-electron chi connectivity index (χ3n) is 2.75.